The highest BCUT2D eigenvalue weighted by atomic mass is 32.2. The van der Waals surface area contributed by atoms with Gasteiger partial charge in [-0.15, -0.1) is 11.8 Å². The number of ether oxygens (including phenoxy) is 3. The van der Waals surface area contributed by atoms with Gasteiger partial charge in [0.15, 0.2) is 0 Å². The van der Waals surface area contributed by atoms with Gasteiger partial charge in [0.25, 0.3) is 0 Å². The Kier molecular flexibility index (Phi) is 6.64. The van der Waals surface area contributed by atoms with Crippen molar-refractivity contribution in [2.45, 2.75) is 45.6 Å². The predicted molar refractivity (Wildman–Crippen MR) is 93.4 cm³/mol. The number of aliphatic imine (C=N–C) groups is 1. The largest absolute Gasteiger partial charge is 0.463 e. The second kappa shape index (κ2) is 8.51. The maximum absolute atomic E-state index is 12.6. The summed E-state index contributed by atoms with van der Waals surface area (Å²) in [5.74, 6) is -2.01. The zero-order valence-electron chi connectivity index (χ0n) is 14.8. The summed E-state index contributed by atoms with van der Waals surface area (Å²) in [6.07, 6.45) is 2.03. The summed E-state index contributed by atoms with van der Waals surface area (Å²) < 4.78 is 15.5. The lowest BCUT2D eigenvalue weighted by Gasteiger charge is -2.27. The van der Waals surface area contributed by atoms with E-state index in [2.05, 4.69) is 4.99 Å². The van der Waals surface area contributed by atoms with Crippen LogP contribution >= 0.6 is 11.8 Å². The fourth-order valence-corrected chi connectivity index (χ4v) is 3.98. The summed E-state index contributed by atoms with van der Waals surface area (Å²) >= 11 is 1.42. The van der Waals surface area contributed by atoms with E-state index in [1.165, 1.54) is 11.8 Å². The second-order valence-corrected chi connectivity index (χ2v) is 6.58. The van der Waals surface area contributed by atoms with Crippen LogP contribution in [0.25, 0.3) is 0 Å². The van der Waals surface area contributed by atoms with Crippen molar-refractivity contribution in [3.05, 3.63) is 11.1 Å². The van der Waals surface area contributed by atoms with E-state index in [4.69, 9.17) is 14.2 Å². The minimum absolute atomic E-state index is 0.126. The minimum atomic E-state index is -1.57. The van der Waals surface area contributed by atoms with Gasteiger partial charge in [0.1, 0.15) is 5.57 Å². The zero-order chi connectivity index (χ0) is 18.4. The normalized spacial score (nSPS) is 22.7. The molecule has 1 unspecified atom stereocenters. The highest BCUT2D eigenvalue weighted by Crippen LogP contribution is 2.40. The van der Waals surface area contributed by atoms with E-state index in [-0.39, 0.29) is 31.0 Å². The molecule has 8 heteroatoms. The van der Waals surface area contributed by atoms with Crippen LogP contribution in [0.15, 0.2) is 16.1 Å². The Morgan fingerprint density at radius 3 is 2.52 bits per heavy atom. The standard InChI is InChI=1S/C17H23NO6S/c1-4-17(16(21)23-6-3)11(10-25-12-8-7-9-18-12)13(15(20)24-17)14(19)22-5-2/h4-10H2,1-3H3. The van der Waals surface area contributed by atoms with Crippen LogP contribution in [0.2, 0.25) is 0 Å². The maximum Gasteiger partial charge on any atom is 0.355 e. The van der Waals surface area contributed by atoms with E-state index in [1.54, 1.807) is 20.8 Å². The van der Waals surface area contributed by atoms with E-state index in [0.717, 1.165) is 24.4 Å². The first-order valence-electron chi connectivity index (χ1n) is 8.47. The summed E-state index contributed by atoms with van der Waals surface area (Å²) in [4.78, 5) is 41.6. The van der Waals surface area contributed by atoms with Gasteiger partial charge in [-0.05, 0) is 33.1 Å². The first kappa shape index (κ1) is 19.5. The van der Waals surface area contributed by atoms with E-state index in [0.29, 0.717) is 5.57 Å². The van der Waals surface area contributed by atoms with Crippen molar-refractivity contribution in [2.75, 3.05) is 25.5 Å². The van der Waals surface area contributed by atoms with Crippen molar-refractivity contribution in [2.24, 2.45) is 4.99 Å². The Hall–Kier alpha value is -1.83. The van der Waals surface area contributed by atoms with Gasteiger partial charge in [0, 0.05) is 17.9 Å². The quantitative estimate of drug-likeness (QED) is 0.385. The molecule has 0 fully saturated rings. The van der Waals surface area contributed by atoms with Gasteiger partial charge in [0.2, 0.25) is 5.60 Å². The number of rotatable bonds is 7. The van der Waals surface area contributed by atoms with Gasteiger partial charge in [0.05, 0.1) is 18.3 Å². The van der Waals surface area contributed by atoms with Crippen LogP contribution in [-0.2, 0) is 28.6 Å². The fourth-order valence-electron chi connectivity index (χ4n) is 2.82. The minimum Gasteiger partial charge on any atom is -0.463 e. The summed E-state index contributed by atoms with van der Waals surface area (Å²) in [6.45, 7) is 6.10. The molecule has 2 aliphatic rings. The first-order valence-corrected chi connectivity index (χ1v) is 9.46. The lowest BCUT2D eigenvalue weighted by Crippen LogP contribution is -2.43. The third-order valence-corrected chi connectivity index (χ3v) is 5.16. The Bertz CT molecular complexity index is 627. The lowest BCUT2D eigenvalue weighted by molar-refractivity contribution is -0.172. The van der Waals surface area contributed by atoms with Gasteiger partial charge >= 0.3 is 17.9 Å². The molecule has 2 heterocycles. The van der Waals surface area contributed by atoms with E-state index >= 15 is 0 Å². The smallest absolute Gasteiger partial charge is 0.355 e. The number of thioether (sulfide) groups is 1. The molecule has 0 spiro atoms. The summed E-state index contributed by atoms with van der Waals surface area (Å²) in [6, 6.07) is 0. The maximum atomic E-state index is 12.6. The number of cyclic esters (lactones) is 1. The molecule has 0 saturated carbocycles. The Labute approximate surface area is 151 Å². The van der Waals surface area contributed by atoms with Crippen molar-refractivity contribution in [3.8, 4) is 0 Å². The van der Waals surface area contributed by atoms with Crippen LogP contribution < -0.4 is 0 Å². The highest BCUT2D eigenvalue weighted by molar-refractivity contribution is 8.14. The van der Waals surface area contributed by atoms with E-state index < -0.39 is 23.5 Å². The molecule has 0 aromatic carbocycles. The molecule has 0 radical (unpaired) electrons. The molecule has 25 heavy (non-hydrogen) atoms. The third-order valence-electron chi connectivity index (χ3n) is 4.06. The van der Waals surface area contributed by atoms with Gasteiger partial charge in [-0.3, -0.25) is 4.99 Å². The average Bonchev–Trinajstić information content (AvgIpc) is 3.19. The molecule has 0 saturated heterocycles. The fraction of sp³-hybridized carbons (Fsp3) is 0.647. The molecular weight excluding hydrogens is 346 g/mol. The monoisotopic (exact) mass is 369 g/mol. The molecule has 138 valence electrons. The number of hydrogen-bond donors (Lipinski definition) is 0. The number of carbonyl (C=O) groups excluding carboxylic acids is 3. The van der Waals surface area contributed by atoms with Crippen LogP contribution in [-0.4, -0.2) is 54.1 Å². The van der Waals surface area contributed by atoms with Crippen LogP contribution in [0, 0.1) is 0 Å². The Balaban J connectivity index is 2.41. The Morgan fingerprint density at radius 1 is 1.24 bits per heavy atom. The molecule has 7 nitrogen and oxygen atoms in total. The van der Waals surface area contributed by atoms with Crippen molar-refractivity contribution >= 4 is 34.7 Å². The summed E-state index contributed by atoms with van der Waals surface area (Å²) in [5.41, 5.74) is -1.44. The topological polar surface area (TPSA) is 91.3 Å². The number of carbonyl (C=O) groups is 3. The van der Waals surface area contributed by atoms with Crippen molar-refractivity contribution in [3.63, 3.8) is 0 Å². The molecule has 0 N–H and O–H groups in total. The van der Waals surface area contributed by atoms with Gasteiger partial charge < -0.3 is 14.2 Å². The van der Waals surface area contributed by atoms with Gasteiger partial charge in [-0.25, -0.2) is 14.4 Å². The molecule has 2 rings (SSSR count). The van der Waals surface area contributed by atoms with Gasteiger partial charge in [-0.1, -0.05) is 6.92 Å². The van der Waals surface area contributed by atoms with Crippen molar-refractivity contribution in [1.82, 2.24) is 0 Å². The van der Waals surface area contributed by atoms with Crippen LogP contribution in [0.1, 0.15) is 40.0 Å². The van der Waals surface area contributed by atoms with Crippen molar-refractivity contribution < 1.29 is 28.6 Å². The molecule has 2 aliphatic heterocycles. The van der Waals surface area contributed by atoms with Crippen LogP contribution in [0.3, 0.4) is 0 Å². The average molecular weight is 369 g/mol. The third kappa shape index (κ3) is 3.89. The van der Waals surface area contributed by atoms with E-state index in [1.807, 2.05) is 0 Å². The Morgan fingerprint density at radius 2 is 1.96 bits per heavy atom. The van der Waals surface area contributed by atoms with Crippen LogP contribution in [0.5, 0.6) is 0 Å². The number of nitrogens with zero attached hydrogens (tertiary/aromatic N) is 1. The molecule has 0 aromatic rings. The molecule has 0 aliphatic carbocycles. The van der Waals surface area contributed by atoms with Crippen LogP contribution in [0.4, 0.5) is 0 Å². The zero-order valence-corrected chi connectivity index (χ0v) is 15.6. The number of esters is 3. The van der Waals surface area contributed by atoms with Crippen molar-refractivity contribution in [1.29, 1.82) is 0 Å². The lowest BCUT2D eigenvalue weighted by atomic mass is 9.90. The van der Waals surface area contributed by atoms with E-state index in [9.17, 15) is 14.4 Å². The molecule has 0 aromatic heterocycles. The summed E-state index contributed by atoms with van der Waals surface area (Å²) in [5, 5.41) is 0.948. The van der Waals surface area contributed by atoms with Gasteiger partial charge in [-0.2, -0.15) is 0 Å². The predicted octanol–water partition coefficient (Wildman–Crippen LogP) is 2.04. The summed E-state index contributed by atoms with van der Waals surface area (Å²) in [7, 11) is 0. The first-order chi connectivity index (χ1) is 12.0. The molecule has 1 atom stereocenters. The SMILES string of the molecule is CCOC(=O)C1=C(CSC2=NCCC2)C(CC)(C(=O)OCC)OC1=O. The number of hydrogen-bond acceptors (Lipinski definition) is 8. The molecule has 0 amide bonds. The highest BCUT2D eigenvalue weighted by Gasteiger charge is 2.55. The second-order valence-electron chi connectivity index (χ2n) is 5.53. The molecular formula is C17H23NO6S. The molecule has 0 bridgehead atoms.